The summed E-state index contributed by atoms with van der Waals surface area (Å²) in [6, 6.07) is 0.713. The van der Waals surface area contributed by atoms with Crippen molar-refractivity contribution in [2.75, 3.05) is 20.1 Å². The number of nitrogens with one attached hydrogen (secondary N) is 1. The van der Waals surface area contributed by atoms with E-state index < -0.39 is 0 Å². The van der Waals surface area contributed by atoms with Gasteiger partial charge in [0.2, 0.25) is 0 Å². The van der Waals surface area contributed by atoms with Gasteiger partial charge in [-0.2, -0.15) is 0 Å². The summed E-state index contributed by atoms with van der Waals surface area (Å²) < 4.78 is 2.10. The first-order valence-electron chi connectivity index (χ1n) is 6.13. The zero-order chi connectivity index (χ0) is 11.4. The summed E-state index contributed by atoms with van der Waals surface area (Å²) in [6.45, 7) is 3.33. The lowest BCUT2D eigenvalue weighted by Gasteiger charge is -2.26. The number of aryl methyl sites for hydroxylation is 1. The molecule has 1 atom stereocenters. The molecule has 0 saturated carbocycles. The molecule has 2 heterocycles. The van der Waals surface area contributed by atoms with Crippen LogP contribution in [0.2, 0.25) is 0 Å². The maximum atomic E-state index is 4.16. The number of hydrogen-bond donors (Lipinski definition) is 1. The third kappa shape index (κ3) is 3.98. The van der Waals surface area contributed by atoms with E-state index in [9.17, 15) is 0 Å². The molecule has 0 radical (unpaired) electrons. The van der Waals surface area contributed by atoms with Crippen molar-refractivity contribution < 1.29 is 0 Å². The van der Waals surface area contributed by atoms with Crippen LogP contribution in [-0.4, -0.2) is 40.6 Å². The minimum Gasteiger partial charge on any atom is -0.337 e. The molecule has 1 N–H and O–H groups in total. The lowest BCUT2D eigenvalue weighted by molar-refractivity contribution is 0.212. The molecule has 0 bridgehead atoms. The van der Waals surface area contributed by atoms with Gasteiger partial charge < -0.3 is 9.88 Å². The summed E-state index contributed by atoms with van der Waals surface area (Å²) in [5.74, 6) is 0. The summed E-state index contributed by atoms with van der Waals surface area (Å²) in [6.07, 6.45) is 7.69. The van der Waals surface area contributed by atoms with Crippen LogP contribution in [0.3, 0.4) is 0 Å². The van der Waals surface area contributed by atoms with Gasteiger partial charge in [0.1, 0.15) is 0 Å². The van der Waals surface area contributed by atoms with Crippen LogP contribution in [0, 0.1) is 0 Å². The molecule has 98 valence electrons. The largest absolute Gasteiger partial charge is 0.337 e. The highest BCUT2D eigenvalue weighted by atomic mass is 35.5. The third-order valence-electron chi connectivity index (χ3n) is 3.50. The summed E-state index contributed by atoms with van der Waals surface area (Å²) in [7, 11) is 4.29. The normalized spacial score (nSPS) is 21.0. The first kappa shape index (κ1) is 14.5. The summed E-state index contributed by atoms with van der Waals surface area (Å²) in [5.41, 5.74) is 1.29. The molecule has 1 aliphatic rings. The monoisotopic (exact) mass is 258 g/mol. The zero-order valence-corrected chi connectivity index (χ0v) is 11.5. The average Bonchev–Trinajstić information content (AvgIpc) is 2.57. The van der Waals surface area contributed by atoms with Crippen molar-refractivity contribution in [3.8, 4) is 0 Å². The molecule has 1 aliphatic heterocycles. The molecular weight excluding hydrogens is 236 g/mol. The molecular formula is C12H23ClN4. The Kier molecular flexibility index (Phi) is 5.95. The molecule has 17 heavy (non-hydrogen) atoms. The van der Waals surface area contributed by atoms with E-state index in [1.807, 2.05) is 12.5 Å². The van der Waals surface area contributed by atoms with Crippen molar-refractivity contribution in [1.82, 2.24) is 19.8 Å². The average molecular weight is 259 g/mol. The summed E-state index contributed by atoms with van der Waals surface area (Å²) in [4.78, 5) is 6.62. The Morgan fingerprint density at radius 3 is 3.00 bits per heavy atom. The number of rotatable bonds is 3. The molecule has 1 aromatic rings. The number of imidazole rings is 1. The number of nitrogens with zero attached hydrogens (tertiary/aromatic N) is 3. The Morgan fingerprint density at radius 1 is 1.47 bits per heavy atom. The Bertz CT molecular complexity index is 318. The van der Waals surface area contributed by atoms with Crippen molar-refractivity contribution in [3.05, 3.63) is 18.2 Å². The van der Waals surface area contributed by atoms with Crippen molar-refractivity contribution in [1.29, 1.82) is 0 Å². The van der Waals surface area contributed by atoms with Crippen LogP contribution in [0.1, 0.15) is 25.0 Å². The number of halogens is 1. The molecule has 0 aliphatic carbocycles. The van der Waals surface area contributed by atoms with Crippen LogP contribution in [0.4, 0.5) is 0 Å². The van der Waals surface area contributed by atoms with E-state index in [0.717, 1.165) is 13.1 Å². The van der Waals surface area contributed by atoms with Crippen LogP contribution in [0.5, 0.6) is 0 Å². The van der Waals surface area contributed by atoms with Gasteiger partial charge in [-0.1, -0.05) is 0 Å². The molecule has 0 amide bonds. The van der Waals surface area contributed by atoms with Crippen LogP contribution >= 0.6 is 12.4 Å². The molecule has 0 spiro atoms. The van der Waals surface area contributed by atoms with Gasteiger partial charge in [0.05, 0.1) is 12.0 Å². The van der Waals surface area contributed by atoms with Crippen LogP contribution in [0.25, 0.3) is 0 Å². The van der Waals surface area contributed by atoms with Gasteiger partial charge in [-0.25, -0.2) is 4.98 Å². The Hall–Kier alpha value is -0.580. The fourth-order valence-corrected chi connectivity index (χ4v) is 2.36. The minimum absolute atomic E-state index is 0. The highest BCUT2D eigenvalue weighted by Gasteiger charge is 2.17. The van der Waals surface area contributed by atoms with E-state index in [4.69, 9.17) is 0 Å². The van der Waals surface area contributed by atoms with Gasteiger partial charge in [0.15, 0.2) is 0 Å². The lowest BCUT2D eigenvalue weighted by Crippen LogP contribution is -2.32. The minimum atomic E-state index is 0. The Morgan fingerprint density at radius 2 is 2.29 bits per heavy atom. The Labute approximate surface area is 110 Å². The first-order valence-corrected chi connectivity index (χ1v) is 6.13. The van der Waals surface area contributed by atoms with Gasteiger partial charge in [0.25, 0.3) is 0 Å². The molecule has 1 fully saturated rings. The summed E-state index contributed by atoms with van der Waals surface area (Å²) >= 11 is 0. The van der Waals surface area contributed by atoms with E-state index in [1.165, 1.54) is 31.5 Å². The maximum Gasteiger partial charge on any atom is 0.0945 e. The molecule has 1 unspecified atom stereocenters. The molecule has 1 aromatic heterocycles. The van der Waals surface area contributed by atoms with Crippen molar-refractivity contribution in [2.45, 2.75) is 31.8 Å². The van der Waals surface area contributed by atoms with Crippen molar-refractivity contribution >= 4 is 12.4 Å². The van der Waals surface area contributed by atoms with E-state index in [2.05, 4.69) is 33.9 Å². The predicted octanol–water partition coefficient (Wildman–Crippen LogP) is 1.42. The van der Waals surface area contributed by atoms with E-state index in [0.29, 0.717) is 6.04 Å². The second-order valence-electron chi connectivity index (χ2n) is 4.75. The fraction of sp³-hybridized carbons (Fsp3) is 0.750. The summed E-state index contributed by atoms with van der Waals surface area (Å²) in [5, 5.41) is 3.46. The van der Waals surface area contributed by atoms with Gasteiger partial charge in [-0.3, -0.25) is 4.90 Å². The molecule has 2 rings (SSSR count). The van der Waals surface area contributed by atoms with Crippen LogP contribution < -0.4 is 5.32 Å². The SMILES string of the molecule is CN(Cc1cncn1C)C1CCCNCC1.Cl. The number of hydrogen-bond acceptors (Lipinski definition) is 3. The van der Waals surface area contributed by atoms with E-state index in [1.54, 1.807) is 0 Å². The quantitative estimate of drug-likeness (QED) is 0.890. The molecule has 4 nitrogen and oxygen atoms in total. The van der Waals surface area contributed by atoms with Gasteiger partial charge >= 0.3 is 0 Å². The van der Waals surface area contributed by atoms with Crippen molar-refractivity contribution in [3.63, 3.8) is 0 Å². The third-order valence-corrected chi connectivity index (χ3v) is 3.50. The smallest absolute Gasteiger partial charge is 0.0945 e. The second-order valence-corrected chi connectivity index (χ2v) is 4.75. The van der Waals surface area contributed by atoms with Crippen molar-refractivity contribution in [2.24, 2.45) is 7.05 Å². The molecule has 0 aromatic carbocycles. The zero-order valence-electron chi connectivity index (χ0n) is 10.7. The van der Waals surface area contributed by atoms with Gasteiger partial charge in [-0.05, 0) is 39.4 Å². The van der Waals surface area contributed by atoms with E-state index >= 15 is 0 Å². The molecule has 5 heteroatoms. The second kappa shape index (κ2) is 6.99. The predicted molar refractivity (Wildman–Crippen MR) is 72.4 cm³/mol. The van der Waals surface area contributed by atoms with Crippen LogP contribution in [0.15, 0.2) is 12.5 Å². The van der Waals surface area contributed by atoms with Gasteiger partial charge in [0, 0.05) is 25.8 Å². The number of aromatic nitrogens is 2. The highest BCUT2D eigenvalue weighted by molar-refractivity contribution is 5.85. The fourth-order valence-electron chi connectivity index (χ4n) is 2.36. The van der Waals surface area contributed by atoms with Gasteiger partial charge in [-0.15, -0.1) is 12.4 Å². The highest BCUT2D eigenvalue weighted by Crippen LogP contribution is 2.14. The first-order chi connectivity index (χ1) is 7.77. The standard InChI is InChI=1S/C12H22N4.ClH/c1-15(9-12-8-14-10-16(12)2)11-4-3-6-13-7-5-11;/h8,10-11,13H,3-7,9H2,1-2H3;1H. The lowest BCUT2D eigenvalue weighted by atomic mass is 10.1. The van der Waals surface area contributed by atoms with E-state index in [-0.39, 0.29) is 12.4 Å². The Balaban J connectivity index is 0.00000144. The topological polar surface area (TPSA) is 33.1 Å². The maximum absolute atomic E-state index is 4.16. The van der Waals surface area contributed by atoms with Crippen LogP contribution in [-0.2, 0) is 13.6 Å². The molecule has 1 saturated heterocycles.